The predicted molar refractivity (Wildman–Crippen MR) is 169 cm³/mol. The van der Waals surface area contributed by atoms with E-state index in [1.165, 1.54) is 22.0 Å². The van der Waals surface area contributed by atoms with Gasteiger partial charge in [-0.25, -0.2) is 4.98 Å². The average molecular weight is 537 g/mol. The summed E-state index contributed by atoms with van der Waals surface area (Å²) in [6.45, 7) is 7.44. The Kier molecular flexibility index (Phi) is 6.01. The van der Waals surface area contributed by atoms with Crippen molar-refractivity contribution in [1.82, 2.24) is 9.55 Å². The quantitative estimate of drug-likeness (QED) is 0.220. The van der Waals surface area contributed by atoms with Crippen LogP contribution >= 0.6 is 0 Å². The van der Waals surface area contributed by atoms with Crippen molar-refractivity contribution >= 4 is 33.2 Å². The number of nitrogens with zero attached hydrogens (tertiary/aromatic N) is 4. The van der Waals surface area contributed by atoms with Gasteiger partial charge in [0.15, 0.2) is 0 Å². The molecular formula is C36H32N4O. The molecule has 4 aromatic carbocycles. The Morgan fingerprint density at radius 2 is 1.34 bits per heavy atom. The standard InChI is InChI=1S/C36H32N4O/c1-36(2,3)26-18-19-37-35(22-26)40-33-15-8-7-14-31(33)32-17-16-30(24-34(32)40)41-29-13-9-12-28(23-29)39-21-20-38(25-39)27-10-5-4-6-11-27/h4-24H,25H2,1-3H3. The summed E-state index contributed by atoms with van der Waals surface area (Å²) >= 11 is 0. The Balaban J connectivity index is 1.23. The van der Waals surface area contributed by atoms with Crippen molar-refractivity contribution in [2.24, 2.45) is 0 Å². The van der Waals surface area contributed by atoms with Gasteiger partial charge in [0.1, 0.15) is 17.3 Å². The van der Waals surface area contributed by atoms with Gasteiger partial charge in [-0.15, -0.1) is 0 Å². The van der Waals surface area contributed by atoms with Gasteiger partial charge in [-0.1, -0.05) is 63.2 Å². The number of aromatic nitrogens is 2. The molecule has 0 saturated heterocycles. The molecule has 0 fully saturated rings. The summed E-state index contributed by atoms with van der Waals surface area (Å²) < 4.78 is 8.71. The maximum absolute atomic E-state index is 6.46. The van der Waals surface area contributed by atoms with Crippen molar-refractivity contribution in [3.63, 3.8) is 0 Å². The lowest BCUT2D eigenvalue weighted by Gasteiger charge is -2.22. The second-order valence-electron chi connectivity index (χ2n) is 11.5. The third-order valence-corrected chi connectivity index (χ3v) is 7.69. The maximum Gasteiger partial charge on any atom is 0.137 e. The highest BCUT2D eigenvalue weighted by Crippen LogP contribution is 2.36. The van der Waals surface area contributed by atoms with E-state index in [4.69, 9.17) is 9.72 Å². The SMILES string of the molecule is CC(C)(C)c1ccnc(-n2c3ccccc3c3ccc(Oc4cccc(N5C=CN(c6ccccc6)C5)c4)cc32)c1. The van der Waals surface area contributed by atoms with Crippen LogP contribution in [-0.2, 0) is 5.41 Å². The van der Waals surface area contributed by atoms with Crippen molar-refractivity contribution < 1.29 is 4.74 Å². The minimum atomic E-state index is 0.0262. The molecule has 0 N–H and O–H groups in total. The number of hydrogen-bond donors (Lipinski definition) is 0. The summed E-state index contributed by atoms with van der Waals surface area (Å²) in [5.74, 6) is 2.49. The van der Waals surface area contributed by atoms with E-state index >= 15 is 0 Å². The third kappa shape index (κ3) is 4.70. The van der Waals surface area contributed by atoms with Crippen LogP contribution in [0.1, 0.15) is 26.3 Å². The van der Waals surface area contributed by atoms with Gasteiger partial charge in [0.05, 0.1) is 17.7 Å². The molecule has 3 heterocycles. The molecule has 1 aliphatic rings. The second kappa shape index (κ2) is 9.86. The monoisotopic (exact) mass is 536 g/mol. The molecule has 0 unspecified atom stereocenters. The fraction of sp³-hybridized carbons (Fsp3) is 0.139. The highest BCUT2D eigenvalue weighted by molar-refractivity contribution is 6.09. The van der Waals surface area contributed by atoms with E-state index in [1.807, 2.05) is 24.4 Å². The van der Waals surface area contributed by atoms with Crippen LogP contribution in [0.4, 0.5) is 11.4 Å². The Morgan fingerprint density at radius 1 is 0.634 bits per heavy atom. The number of hydrogen-bond acceptors (Lipinski definition) is 4. The number of ether oxygens (including phenoxy) is 1. The lowest BCUT2D eigenvalue weighted by molar-refractivity contribution is 0.483. The summed E-state index contributed by atoms with van der Waals surface area (Å²) in [7, 11) is 0. The van der Waals surface area contributed by atoms with E-state index in [0.29, 0.717) is 0 Å². The molecule has 5 nitrogen and oxygen atoms in total. The average Bonchev–Trinajstić information content (AvgIpc) is 3.61. The number of fused-ring (bicyclic) bond motifs is 3. The smallest absolute Gasteiger partial charge is 0.137 e. The minimum Gasteiger partial charge on any atom is -0.457 e. The van der Waals surface area contributed by atoms with Crippen LogP contribution < -0.4 is 14.5 Å². The van der Waals surface area contributed by atoms with Crippen molar-refractivity contribution in [3.8, 4) is 17.3 Å². The summed E-state index contributed by atoms with van der Waals surface area (Å²) in [6.07, 6.45) is 6.13. The highest BCUT2D eigenvalue weighted by atomic mass is 16.5. The van der Waals surface area contributed by atoms with E-state index in [2.05, 4.69) is 139 Å². The third-order valence-electron chi connectivity index (χ3n) is 7.69. The zero-order valence-electron chi connectivity index (χ0n) is 23.5. The summed E-state index contributed by atoms with van der Waals surface area (Å²) in [4.78, 5) is 9.24. The van der Waals surface area contributed by atoms with Crippen molar-refractivity contribution in [3.05, 3.63) is 133 Å². The van der Waals surface area contributed by atoms with Crippen LogP contribution in [0.25, 0.3) is 27.6 Å². The first-order valence-electron chi connectivity index (χ1n) is 14.0. The van der Waals surface area contributed by atoms with E-state index in [9.17, 15) is 0 Å². The molecule has 6 aromatic rings. The fourth-order valence-electron chi connectivity index (χ4n) is 5.50. The van der Waals surface area contributed by atoms with Crippen molar-refractivity contribution in [1.29, 1.82) is 0 Å². The molecule has 202 valence electrons. The normalized spacial score (nSPS) is 13.4. The molecule has 0 saturated carbocycles. The van der Waals surface area contributed by atoms with E-state index in [-0.39, 0.29) is 5.41 Å². The Morgan fingerprint density at radius 3 is 2.17 bits per heavy atom. The molecular weight excluding hydrogens is 504 g/mol. The minimum absolute atomic E-state index is 0.0262. The van der Waals surface area contributed by atoms with Crippen LogP contribution in [0.15, 0.2) is 128 Å². The topological polar surface area (TPSA) is 33.5 Å². The van der Waals surface area contributed by atoms with E-state index in [1.54, 1.807) is 0 Å². The lowest BCUT2D eigenvalue weighted by Crippen LogP contribution is -2.24. The molecule has 0 atom stereocenters. The van der Waals surface area contributed by atoms with E-state index < -0.39 is 0 Å². The van der Waals surface area contributed by atoms with Crippen LogP contribution in [0.5, 0.6) is 11.5 Å². The molecule has 1 aliphatic heterocycles. The van der Waals surface area contributed by atoms with Crippen molar-refractivity contribution in [2.75, 3.05) is 16.5 Å². The van der Waals surface area contributed by atoms with Gasteiger partial charge in [-0.2, -0.15) is 0 Å². The van der Waals surface area contributed by atoms with Gasteiger partial charge >= 0.3 is 0 Å². The van der Waals surface area contributed by atoms with Crippen LogP contribution in [0.3, 0.4) is 0 Å². The first-order valence-corrected chi connectivity index (χ1v) is 14.0. The Bertz CT molecular complexity index is 1900. The van der Waals surface area contributed by atoms with Gasteiger partial charge in [-0.05, 0) is 65.6 Å². The zero-order chi connectivity index (χ0) is 28.0. The largest absolute Gasteiger partial charge is 0.457 e. The van der Waals surface area contributed by atoms with Gasteiger partial charge in [0.2, 0.25) is 0 Å². The van der Waals surface area contributed by atoms with E-state index in [0.717, 1.165) is 40.7 Å². The predicted octanol–water partition coefficient (Wildman–Crippen LogP) is 9.02. The number of anilines is 2. The molecule has 7 rings (SSSR count). The Labute approximate surface area is 240 Å². The van der Waals surface area contributed by atoms with Crippen LogP contribution in [0, 0.1) is 0 Å². The van der Waals surface area contributed by atoms with Gasteiger partial charge < -0.3 is 14.5 Å². The van der Waals surface area contributed by atoms with Crippen LogP contribution in [-0.4, -0.2) is 16.2 Å². The van der Waals surface area contributed by atoms with Crippen molar-refractivity contribution in [2.45, 2.75) is 26.2 Å². The fourth-order valence-corrected chi connectivity index (χ4v) is 5.50. The number of pyridine rings is 1. The molecule has 0 bridgehead atoms. The Hall–Kier alpha value is -5.03. The first-order chi connectivity index (χ1) is 19.9. The summed E-state index contributed by atoms with van der Waals surface area (Å²) in [6, 6.07) is 37.8. The maximum atomic E-state index is 6.46. The van der Waals surface area contributed by atoms with Gasteiger partial charge in [0, 0.05) is 52.9 Å². The number of para-hydroxylation sites is 2. The highest BCUT2D eigenvalue weighted by Gasteiger charge is 2.19. The molecule has 0 amide bonds. The molecule has 0 radical (unpaired) electrons. The molecule has 0 aliphatic carbocycles. The molecule has 2 aromatic heterocycles. The number of benzene rings is 4. The second-order valence-corrected chi connectivity index (χ2v) is 11.5. The molecule has 0 spiro atoms. The van der Waals surface area contributed by atoms with Crippen LogP contribution in [0.2, 0.25) is 0 Å². The van der Waals surface area contributed by atoms with Gasteiger partial charge in [-0.3, -0.25) is 4.57 Å². The lowest BCUT2D eigenvalue weighted by atomic mass is 9.88. The molecule has 41 heavy (non-hydrogen) atoms. The summed E-state index contributed by atoms with van der Waals surface area (Å²) in [5, 5.41) is 2.37. The molecule has 5 heteroatoms. The zero-order valence-corrected chi connectivity index (χ0v) is 23.5. The van der Waals surface area contributed by atoms with Gasteiger partial charge in [0.25, 0.3) is 0 Å². The summed E-state index contributed by atoms with van der Waals surface area (Å²) in [5.41, 5.74) is 5.72. The number of rotatable bonds is 5. The first kappa shape index (κ1) is 25.0.